The van der Waals surface area contributed by atoms with Crippen LogP contribution in [0.25, 0.3) is 0 Å². The number of carboxylic acid groups (broad SMARTS) is 1. The van der Waals surface area contributed by atoms with Gasteiger partial charge in [-0.1, -0.05) is 0 Å². The number of aliphatic carboxylic acids is 1. The molecule has 0 radical (unpaired) electrons. The Bertz CT molecular complexity index is 482. The maximum Gasteiger partial charge on any atom is 0.329 e. The molecule has 7 heteroatoms. The highest BCUT2D eigenvalue weighted by Gasteiger charge is 2.34. The van der Waals surface area contributed by atoms with Crippen LogP contribution in [-0.4, -0.2) is 51.3 Å². The number of carboxylic acids is 1. The predicted octanol–water partition coefficient (Wildman–Crippen LogP) is 1.16. The molecule has 0 aromatic carbocycles. The first-order chi connectivity index (χ1) is 9.26. The van der Waals surface area contributed by atoms with Crippen molar-refractivity contribution in [2.45, 2.75) is 39.2 Å². The topological polar surface area (TPSA) is 98.3 Å². The van der Waals surface area contributed by atoms with Crippen LogP contribution in [-0.2, 0) is 11.2 Å². The fourth-order valence-electron chi connectivity index (χ4n) is 1.62. The molecule has 20 heavy (non-hydrogen) atoms. The van der Waals surface area contributed by atoms with Crippen molar-refractivity contribution in [2.75, 3.05) is 13.6 Å². The highest BCUT2D eigenvalue weighted by molar-refractivity contribution is 5.85. The zero-order valence-corrected chi connectivity index (χ0v) is 12.4. The van der Waals surface area contributed by atoms with Crippen LogP contribution in [0.1, 0.15) is 31.5 Å². The molecule has 1 aromatic rings. The molecule has 3 N–H and O–H groups in total. The molecule has 0 aliphatic carbocycles. The summed E-state index contributed by atoms with van der Waals surface area (Å²) in [5.41, 5.74) is 0.921. The maximum absolute atomic E-state index is 11.9. The minimum absolute atomic E-state index is 0.388. The van der Waals surface area contributed by atoms with Crippen LogP contribution >= 0.6 is 0 Å². The second-order valence-electron chi connectivity index (χ2n) is 5.28. The third-order valence-corrected chi connectivity index (χ3v) is 3.50. The number of amides is 2. The number of carbonyl (C=O) groups is 2. The highest BCUT2D eigenvalue weighted by Crippen LogP contribution is 2.12. The van der Waals surface area contributed by atoms with Crippen molar-refractivity contribution >= 4 is 12.0 Å². The summed E-state index contributed by atoms with van der Waals surface area (Å²) in [7, 11) is 1.48. The van der Waals surface area contributed by atoms with Crippen LogP contribution < -0.4 is 5.32 Å². The summed E-state index contributed by atoms with van der Waals surface area (Å²) in [6.45, 7) is 5.42. The third-order valence-electron chi connectivity index (χ3n) is 3.50. The Morgan fingerprint density at radius 2 is 2.15 bits per heavy atom. The van der Waals surface area contributed by atoms with Crippen molar-refractivity contribution in [3.63, 3.8) is 0 Å². The van der Waals surface area contributed by atoms with E-state index in [1.165, 1.54) is 25.8 Å². The first-order valence-electron chi connectivity index (χ1n) is 6.50. The zero-order valence-electron chi connectivity index (χ0n) is 12.4. The van der Waals surface area contributed by atoms with E-state index in [0.29, 0.717) is 6.54 Å². The van der Waals surface area contributed by atoms with Gasteiger partial charge in [0.2, 0.25) is 0 Å². The number of urea groups is 1. The van der Waals surface area contributed by atoms with Gasteiger partial charge in [-0.05, 0) is 39.2 Å². The summed E-state index contributed by atoms with van der Waals surface area (Å²) in [6, 6.07) is -0.388. The van der Waals surface area contributed by atoms with Gasteiger partial charge in [0, 0.05) is 19.3 Å². The van der Waals surface area contributed by atoms with E-state index in [4.69, 9.17) is 5.11 Å². The Kier molecular flexibility index (Phi) is 5.12. The molecule has 0 saturated carbocycles. The van der Waals surface area contributed by atoms with E-state index >= 15 is 0 Å². The quantitative estimate of drug-likeness (QED) is 0.682. The summed E-state index contributed by atoms with van der Waals surface area (Å²) < 4.78 is 0. The highest BCUT2D eigenvalue weighted by atomic mass is 16.4. The van der Waals surface area contributed by atoms with Gasteiger partial charge in [-0.15, -0.1) is 0 Å². The molecule has 1 aromatic heterocycles. The van der Waals surface area contributed by atoms with Crippen LogP contribution in [0.3, 0.4) is 0 Å². The van der Waals surface area contributed by atoms with Crippen LogP contribution in [0.15, 0.2) is 6.20 Å². The molecule has 0 fully saturated rings. The van der Waals surface area contributed by atoms with Crippen molar-refractivity contribution in [3.8, 4) is 0 Å². The molecule has 1 rings (SSSR count). The van der Waals surface area contributed by atoms with E-state index in [1.807, 2.05) is 6.92 Å². The first kappa shape index (κ1) is 16.0. The first-order valence-corrected chi connectivity index (χ1v) is 6.50. The Labute approximate surface area is 118 Å². The number of aryl methyl sites for hydroxylation is 2. The van der Waals surface area contributed by atoms with Gasteiger partial charge >= 0.3 is 12.0 Å². The Morgan fingerprint density at radius 3 is 2.65 bits per heavy atom. The standard InChI is InChI=1S/C13H22N4O3/c1-9-10(8-15-16-9)6-5-7-14-12(20)17(4)13(2,3)11(18)19/h8H,5-7H2,1-4H3,(H,14,20)(H,15,16)(H,18,19). The lowest BCUT2D eigenvalue weighted by Crippen LogP contribution is -2.54. The number of hydrogen-bond acceptors (Lipinski definition) is 3. The van der Waals surface area contributed by atoms with Gasteiger partial charge in [0.05, 0.1) is 6.20 Å². The summed E-state index contributed by atoms with van der Waals surface area (Å²) in [5.74, 6) is -1.04. The largest absolute Gasteiger partial charge is 0.480 e. The number of aromatic amines is 1. The van der Waals surface area contributed by atoms with Crippen molar-refractivity contribution in [3.05, 3.63) is 17.5 Å². The van der Waals surface area contributed by atoms with Gasteiger partial charge in [-0.2, -0.15) is 5.10 Å². The molecule has 2 amide bonds. The van der Waals surface area contributed by atoms with Gasteiger partial charge < -0.3 is 15.3 Å². The number of hydrogen-bond donors (Lipinski definition) is 3. The van der Waals surface area contributed by atoms with Gasteiger partial charge in [0.25, 0.3) is 0 Å². The number of rotatable bonds is 6. The molecule has 0 spiro atoms. The van der Waals surface area contributed by atoms with Crippen molar-refractivity contribution < 1.29 is 14.7 Å². The van der Waals surface area contributed by atoms with Crippen LogP contribution in [0.4, 0.5) is 4.79 Å². The SMILES string of the molecule is Cc1[nH]ncc1CCCNC(=O)N(C)C(C)(C)C(=O)O. The van der Waals surface area contributed by atoms with Crippen molar-refractivity contribution in [1.29, 1.82) is 0 Å². The van der Waals surface area contributed by atoms with E-state index in [0.717, 1.165) is 24.1 Å². The average Bonchev–Trinajstić information content (AvgIpc) is 2.78. The summed E-state index contributed by atoms with van der Waals surface area (Å²) >= 11 is 0. The zero-order chi connectivity index (χ0) is 15.3. The van der Waals surface area contributed by atoms with Crippen molar-refractivity contribution in [1.82, 2.24) is 20.4 Å². The van der Waals surface area contributed by atoms with Gasteiger partial charge in [0.15, 0.2) is 0 Å². The fraction of sp³-hybridized carbons (Fsp3) is 0.615. The summed E-state index contributed by atoms with van der Waals surface area (Å²) in [4.78, 5) is 24.1. The Hall–Kier alpha value is -2.05. The molecule has 0 saturated heterocycles. The fourth-order valence-corrected chi connectivity index (χ4v) is 1.62. The third kappa shape index (κ3) is 3.72. The lowest BCUT2D eigenvalue weighted by molar-refractivity contribution is -0.146. The molecule has 0 aliphatic heterocycles. The molecule has 0 bridgehead atoms. The van der Waals surface area contributed by atoms with Crippen LogP contribution in [0, 0.1) is 6.92 Å². The molecule has 1 heterocycles. The number of likely N-dealkylation sites (N-methyl/N-ethyl adjacent to an activating group) is 1. The molecule has 0 aliphatic rings. The average molecular weight is 282 g/mol. The number of nitrogens with zero attached hydrogens (tertiary/aromatic N) is 2. The molecular formula is C13H22N4O3. The van der Waals surface area contributed by atoms with E-state index in [9.17, 15) is 9.59 Å². The predicted molar refractivity (Wildman–Crippen MR) is 74.5 cm³/mol. The summed E-state index contributed by atoms with van der Waals surface area (Å²) in [5, 5.41) is 18.6. The van der Waals surface area contributed by atoms with E-state index in [1.54, 1.807) is 6.20 Å². The van der Waals surface area contributed by atoms with Gasteiger partial charge in [-0.3, -0.25) is 5.10 Å². The molecule has 0 unspecified atom stereocenters. The summed E-state index contributed by atoms with van der Waals surface area (Å²) in [6.07, 6.45) is 3.36. The number of nitrogens with one attached hydrogen (secondary N) is 2. The minimum Gasteiger partial charge on any atom is -0.480 e. The monoisotopic (exact) mass is 282 g/mol. The smallest absolute Gasteiger partial charge is 0.329 e. The molecule has 0 atom stereocenters. The second-order valence-corrected chi connectivity index (χ2v) is 5.28. The Morgan fingerprint density at radius 1 is 1.50 bits per heavy atom. The lowest BCUT2D eigenvalue weighted by Gasteiger charge is -2.31. The molecular weight excluding hydrogens is 260 g/mol. The van der Waals surface area contributed by atoms with Gasteiger partial charge in [-0.25, -0.2) is 9.59 Å². The molecule has 112 valence electrons. The van der Waals surface area contributed by atoms with E-state index < -0.39 is 11.5 Å². The number of carbonyl (C=O) groups excluding carboxylic acids is 1. The Balaban J connectivity index is 2.37. The van der Waals surface area contributed by atoms with E-state index in [-0.39, 0.29) is 6.03 Å². The minimum atomic E-state index is -1.23. The number of aromatic nitrogens is 2. The number of H-pyrrole nitrogens is 1. The van der Waals surface area contributed by atoms with E-state index in [2.05, 4.69) is 15.5 Å². The normalized spacial score (nSPS) is 11.2. The van der Waals surface area contributed by atoms with Crippen LogP contribution in [0.5, 0.6) is 0 Å². The van der Waals surface area contributed by atoms with Crippen molar-refractivity contribution in [2.24, 2.45) is 0 Å². The maximum atomic E-state index is 11.9. The van der Waals surface area contributed by atoms with Gasteiger partial charge in [0.1, 0.15) is 5.54 Å². The second kappa shape index (κ2) is 6.40. The molecule has 7 nitrogen and oxygen atoms in total. The van der Waals surface area contributed by atoms with Crippen LogP contribution in [0.2, 0.25) is 0 Å². The lowest BCUT2D eigenvalue weighted by atomic mass is 10.1.